The molecule has 25 heavy (non-hydrogen) atoms. The number of carbonyl (C=O) groups excluding carboxylic acids is 2. The summed E-state index contributed by atoms with van der Waals surface area (Å²) < 4.78 is 0. The summed E-state index contributed by atoms with van der Waals surface area (Å²) in [5.74, 6) is 0.333. The summed E-state index contributed by atoms with van der Waals surface area (Å²) in [5, 5.41) is 3.10. The van der Waals surface area contributed by atoms with Gasteiger partial charge in [0.1, 0.15) is 5.88 Å². The van der Waals surface area contributed by atoms with Crippen molar-refractivity contribution in [3.63, 3.8) is 0 Å². The Morgan fingerprint density at radius 1 is 1.16 bits per heavy atom. The van der Waals surface area contributed by atoms with E-state index in [2.05, 4.69) is 17.4 Å². The first-order valence-corrected chi connectivity index (χ1v) is 9.95. The van der Waals surface area contributed by atoms with Crippen LogP contribution in [0, 0.1) is 5.92 Å². The number of hydrogen-bond donors (Lipinski definition) is 1. The average Bonchev–Trinajstić information content (AvgIpc) is 2.68. The number of amides is 2. The number of fused-ring (bicyclic) bond motifs is 1. The molecule has 1 atom stereocenters. The van der Waals surface area contributed by atoms with Crippen molar-refractivity contribution >= 4 is 23.4 Å². The number of nitrogens with zero attached hydrogens (tertiary/aromatic N) is 1. The first-order valence-electron chi connectivity index (χ1n) is 9.41. The Bertz CT molecular complexity index is 613. The lowest BCUT2D eigenvalue weighted by molar-refractivity contribution is -0.131. The number of benzene rings is 1. The van der Waals surface area contributed by atoms with Crippen molar-refractivity contribution in [2.24, 2.45) is 5.92 Å². The molecule has 1 aliphatic heterocycles. The topological polar surface area (TPSA) is 49.4 Å². The Hall–Kier alpha value is -1.55. The molecule has 1 aliphatic carbocycles. The molecule has 1 heterocycles. The van der Waals surface area contributed by atoms with E-state index >= 15 is 0 Å². The van der Waals surface area contributed by atoms with Crippen molar-refractivity contribution in [1.29, 1.82) is 0 Å². The van der Waals surface area contributed by atoms with Crippen molar-refractivity contribution < 1.29 is 9.59 Å². The van der Waals surface area contributed by atoms with Crippen LogP contribution in [0.4, 0.5) is 0 Å². The van der Waals surface area contributed by atoms with Gasteiger partial charge >= 0.3 is 0 Å². The summed E-state index contributed by atoms with van der Waals surface area (Å²) >= 11 is 5.80. The lowest BCUT2D eigenvalue weighted by Gasteiger charge is -2.37. The zero-order valence-corrected chi connectivity index (χ0v) is 15.4. The molecule has 1 saturated carbocycles. The van der Waals surface area contributed by atoms with Gasteiger partial charge in [0.05, 0.1) is 6.04 Å². The highest BCUT2D eigenvalue weighted by Crippen LogP contribution is 2.32. The predicted molar refractivity (Wildman–Crippen MR) is 99.5 cm³/mol. The summed E-state index contributed by atoms with van der Waals surface area (Å²) in [6, 6.07) is 8.28. The highest BCUT2D eigenvalue weighted by molar-refractivity contribution is 6.27. The predicted octanol–water partition coefficient (Wildman–Crippen LogP) is 3.44. The van der Waals surface area contributed by atoms with Gasteiger partial charge in [0.2, 0.25) is 11.8 Å². The van der Waals surface area contributed by atoms with Crippen LogP contribution in [-0.2, 0) is 16.0 Å². The molecule has 5 heteroatoms. The Labute approximate surface area is 154 Å². The highest BCUT2D eigenvalue weighted by Gasteiger charge is 2.30. The maximum absolute atomic E-state index is 12.3. The molecule has 136 valence electrons. The minimum Gasteiger partial charge on any atom is -0.356 e. The summed E-state index contributed by atoms with van der Waals surface area (Å²) in [6.07, 6.45) is 7.18. The summed E-state index contributed by atoms with van der Waals surface area (Å²) in [7, 11) is 0. The van der Waals surface area contributed by atoms with Gasteiger partial charge in [-0.05, 0) is 36.8 Å². The third kappa shape index (κ3) is 4.35. The molecule has 0 radical (unpaired) electrons. The summed E-state index contributed by atoms with van der Waals surface area (Å²) in [6.45, 7) is 1.30. The fourth-order valence-corrected chi connectivity index (χ4v) is 4.33. The molecule has 0 unspecified atom stereocenters. The van der Waals surface area contributed by atoms with Crippen LogP contribution >= 0.6 is 11.6 Å². The standard InChI is InChI=1S/C20H27ClN2O2/c21-14-19(24)23-13-11-15-6-4-5-9-17(15)18(23)10-12-22-20(25)16-7-2-1-3-8-16/h4-6,9,16,18H,1-3,7-8,10-14H2,(H,22,25)/t18-/m1/s1. The lowest BCUT2D eigenvalue weighted by Crippen LogP contribution is -2.42. The molecular weight excluding hydrogens is 336 g/mol. The first kappa shape index (κ1) is 18.2. The van der Waals surface area contributed by atoms with Gasteiger partial charge in [-0.15, -0.1) is 11.6 Å². The zero-order chi connectivity index (χ0) is 17.6. The van der Waals surface area contributed by atoms with Gasteiger partial charge in [0.15, 0.2) is 0 Å². The normalized spacial score (nSPS) is 20.8. The molecule has 1 N–H and O–H groups in total. The molecule has 0 aromatic heterocycles. The second-order valence-electron chi connectivity index (χ2n) is 7.10. The van der Waals surface area contributed by atoms with E-state index in [1.54, 1.807) is 0 Å². The van der Waals surface area contributed by atoms with E-state index in [9.17, 15) is 9.59 Å². The van der Waals surface area contributed by atoms with Gasteiger partial charge in [-0.25, -0.2) is 0 Å². The van der Waals surface area contributed by atoms with Crippen LogP contribution in [0.2, 0.25) is 0 Å². The van der Waals surface area contributed by atoms with Gasteiger partial charge in [-0.1, -0.05) is 43.5 Å². The summed E-state index contributed by atoms with van der Waals surface area (Å²) in [5.41, 5.74) is 2.49. The number of halogens is 1. The van der Waals surface area contributed by atoms with E-state index in [0.717, 1.165) is 38.5 Å². The van der Waals surface area contributed by atoms with Gasteiger partial charge in [-0.2, -0.15) is 0 Å². The van der Waals surface area contributed by atoms with E-state index in [-0.39, 0.29) is 29.7 Å². The molecule has 1 fully saturated rings. The fraction of sp³-hybridized carbons (Fsp3) is 0.600. The van der Waals surface area contributed by atoms with E-state index in [1.165, 1.54) is 17.5 Å². The Morgan fingerprint density at radius 3 is 2.68 bits per heavy atom. The van der Waals surface area contributed by atoms with Crippen LogP contribution in [-0.4, -0.2) is 35.7 Å². The van der Waals surface area contributed by atoms with Gasteiger partial charge in [0.25, 0.3) is 0 Å². The molecule has 2 aliphatic rings. The van der Waals surface area contributed by atoms with Crippen molar-refractivity contribution in [2.75, 3.05) is 19.0 Å². The van der Waals surface area contributed by atoms with Crippen molar-refractivity contribution in [3.05, 3.63) is 35.4 Å². The average molecular weight is 363 g/mol. The first-order chi connectivity index (χ1) is 12.2. The number of carbonyl (C=O) groups is 2. The minimum atomic E-state index is -0.0280. The van der Waals surface area contributed by atoms with Gasteiger partial charge < -0.3 is 10.2 Å². The molecular formula is C20H27ClN2O2. The maximum Gasteiger partial charge on any atom is 0.238 e. The third-order valence-electron chi connectivity index (χ3n) is 5.54. The van der Waals surface area contributed by atoms with Crippen LogP contribution in [0.15, 0.2) is 24.3 Å². The van der Waals surface area contributed by atoms with E-state index in [4.69, 9.17) is 11.6 Å². The number of alkyl halides is 1. The quantitative estimate of drug-likeness (QED) is 0.816. The molecule has 2 amide bonds. The second kappa shape index (κ2) is 8.70. The maximum atomic E-state index is 12.3. The monoisotopic (exact) mass is 362 g/mol. The summed E-state index contributed by atoms with van der Waals surface area (Å²) in [4.78, 5) is 26.5. The number of rotatable bonds is 5. The largest absolute Gasteiger partial charge is 0.356 e. The Kier molecular flexibility index (Phi) is 6.35. The van der Waals surface area contributed by atoms with Crippen LogP contribution < -0.4 is 5.32 Å². The molecule has 4 nitrogen and oxygen atoms in total. The second-order valence-corrected chi connectivity index (χ2v) is 7.37. The molecule has 3 rings (SSSR count). The number of hydrogen-bond acceptors (Lipinski definition) is 2. The van der Waals surface area contributed by atoms with E-state index in [0.29, 0.717) is 13.1 Å². The minimum absolute atomic E-state index is 0.00264. The van der Waals surface area contributed by atoms with Crippen molar-refractivity contribution in [3.8, 4) is 0 Å². The van der Waals surface area contributed by atoms with Crippen LogP contribution in [0.25, 0.3) is 0 Å². The third-order valence-corrected chi connectivity index (χ3v) is 5.77. The highest BCUT2D eigenvalue weighted by atomic mass is 35.5. The Balaban J connectivity index is 1.63. The van der Waals surface area contributed by atoms with E-state index < -0.39 is 0 Å². The van der Waals surface area contributed by atoms with Crippen LogP contribution in [0.5, 0.6) is 0 Å². The van der Waals surface area contributed by atoms with Crippen LogP contribution in [0.1, 0.15) is 55.7 Å². The molecule has 1 aromatic carbocycles. The van der Waals surface area contributed by atoms with Gasteiger partial charge in [-0.3, -0.25) is 9.59 Å². The van der Waals surface area contributed by atoms with Crippen molar-refractivity contribution in [1.82, 2.24) is 10.2 Å². The molecule has 1 aromatic rings. The van der Waals surface area contributed by atoms with E-state index in [1.807, 2.05) is 17.0 Å². The molecule has 0 bridgehead atoms. The van der Waals surface area contributed by atoms with Crippen molar-refractivity contribution in [2.45, 2.75) is 51.0 Å². The molecule has 0 spiro atoms. The Morgan fingerprint density at radius 2 is 1.92 bits per heavy atom. The lowest BCUT2D eigenvalue weighted by atomic mass is 9.88. The zero-order valence-electron chi connectivity index (χ0n) is 14.7. The SMILES string of the molecule is O=C(NCC[C@@H]1c2ccccc2CCN1C(=O)CCl)C1CCCCC1. The van der Waals surface area contributed by atoms with Crippen LogP contribution in [0.3, 0.4) is 0 Å². The number of nitrogens with one attached hydrogen (secondary N) is 1. The molecule has 0 saturated heterocycles. The smallest absolute Gasteiger partial charge is 0.238 e. The fourth-order valence-electron chi connectivity index (χ4n) is 4.18. The van der Waals surface area contributed by atoms with Gasteiger partial charge in [0, 0.05) is 19.0 Å².